The number of ether oxygens (including phenoxy) is 3. The van der Waals surface area contributed by atoms with E-state index >= 15 is 8.78 Å². The van der Waals surface area contributed by atoms with E-state index in [4.69, 9.17) is 24.5 Å². The molecule has 0 spiro atoms. The van der Waals surface area contributed by atoms with Gasteiger partial charge in [-0.25, -0.2) is 18.9 Å². The van der Waals surface area contributed by atoms with Gasteiger partial charge in [0.2, 0.25) is 11.8 Å². The lowest BCUT2D eigenvalue weighted by Crippen LogP contribution is -2.47. The van der Waals surface area contributed by atoms with Gasteiger partial charge in [-0.1, -0.05) is 6.42 Å². The zero-order valence-electron chi connectivity index (χ0n) is 22.3. The van der Waals surface area contributed by atoms with Gasteiger partial charge in [0.1, 0.15) is 18.8 Å². The van der Waals surface area contributed by atoms with Crippen LogP contribution in [0.4, 0.5) is 14.7 Å². The number of halogens is 2. The minimum atomic E-state index is -3.84. The highest BCUT2D eigenvalue weighted by Crippen LogP contribution is 2.50. The first-order valence-corrected chi connectivity index (χ1v) is 14.9. The highest BCUT2D eigenvalue weighted by molar-refractivity contribution is 7.56. The second-order valence-corrected chi connectivity index (χ2v) is 12.3. The summed E-state index contributed by atoms with van der Waals surface area (Å²) in [6, 6.07) is -1.02. The summed E-state index contributed by atoms with van der Waals surface area (Å²) in [5, 5.41) is 13.1. The van der Waals surface area contributed by atoms with Crippen molar-refractivity contribution in [3.8, 4) is 5.88 Å². The van der Waals surface area contributed by atoms with Crippen molar-refractivity contribution in [2.75, 3.05) is 25.6 Å². The van der Waals surface area contributed by atoms with Crippen LogP contribution in [0.2, 0.25) is 0 Å². The Bertz CT molecular complexity index is 1240. The van der Waals surface area contributed by atoms with Gasteiger partial charge in [-0.2, -0.15) is 9.97 Å². The molecule has 2 fully saturated rings. The monoisotopic (exact) mass is 576 g/mol. The van der Waals surface area contributed by atoms with E-state index < -0.39 is 50.0 Å². The molecule has 4 N–H and O–H groups in total. The normalized spacial score (nSPS) is 30.2. The molecule has 2 aliphatic rings. The van der Waals surface area contributed by atoms with Crippen molar-refractivity contribution < 1.29 is 42.0 Å². The standard InChI is InChI=1S/C23H35F2N6O7P/c1-5-35-17-15-16(28-21(26)29-17)31(12-27-15)20-22(3,24)19(33)23(25,38-20)11-36-39(4,34)30-13(2)18(32)37-14-9-7-6-8-10-14/h12-14,19-20,33H,5-11H2,1-4H3,(H,30,34)(H2,26,28,29)/t13-,19-,20?,22+,23+,39+/m0/s1. The number of fused-ring (bicyclic) bond motifs is 1. The largest absolute Gasteiger partial charge is 0.476 e. The number of carbonyl (C=O) groups is 1. The Labute approximate surface area is 224 Å². The number of nitrogen functional groups attached to an aromatic ring is 1. The highest BCUT2D eigenvalue weighted by atomic mass is 31.2. The van der Waals surface area contributed by atoms with Gasteiger partial charge >= 0.3 is 5.97 Å². The molecule has 0 radical (unpaired) electrons. The van der Waals surface area contributed by atoms with Crippen LogP contribution in [-0.4, -0.2) is 80.2 Å². The first-order chi connectivity index (χ1) is 18.3. The predicted octanol–water partition coefficient (Wildman–Crippen LogP) is 2.78. The lowest BCUT2D eigenvalue weighted by molar-refractivity contribution is -0.202. The number of aliphatic hydroxyl groups is 1. The molecule has 3 heterocycles. The number of aromatic nitrogens is 4. The maximum absolute atomic E-state index is 15.9. The first kappa shape index (κ1) is 29.5. The number of hydrogen-bond donors (Lipinski definition) is 3. The van der Waals surface area contributed by atoms with Gasteiger partial charge in [0.15, 0.2) is 29.2 Å². The second-order valence-electron chi connectivity index (χ2n) is 10.1. The summed E-state index contributed by atoms with van der Waals surface area (Å²) in [5.74, 6) is -3.89. The number of nitrogens with one attached hydrogen (secondary N) is 1. The van der Waals surface area contributed by atoms with E-state index in [1.807, 2.05) is 0 Å². The minimum Gasteiger partial charge on any atom is -0.476 e. The molecule has 1 aliphatic carbocycles. The summed E-state index contributed by atoms with van der Waals surface area (Å²) in [6.45, 7) is 4.37. The SMILES string of the molecule is CCOc1nc(N)nc2c1ncn2C1O[C@](F)(CO[P@@](C)(=O)N[C@@H](C)C(=O)OC2CCCCC2)[C@@H](O)[C@@]1(C)F. The summed E-state index contributed by atoms with van der Waals surface area (Å²) < 4.78 is 67.2. The van der Waals surface area contributed by atoms with Crippen LogP contribution in [0.15, 0.2) is 6.33 Å². The van der Waals surface area contributed by atoms with Gasteiger partial charge in [-0.05, 0) is 46.5 Å². The lowest BCUT2D eigenvalue weighted by Gasteiger charge is -2.28. The molecular formula is C23H35F2N6O7P. The van der Waals surface area contributed by atoms with Gasteiger partial charge < -0.3 is 29.6 Å². The Kier molecular flexibility index (Phi) is 8.48. The number of carbonyl (C=O) groups excluding carboxylic acids is 1. The number of aliphatic hydroxyl groups excluding tert-OH is 1. The summed E-state index contributed by atoms with van der Waals surface area (Å²) in [5.41, 5.74) is 3.16. The Morgan fingerprint density at radius 2 is 2.05 bits per heavy atom. The van der Waals surface area contributed by atoms with Crippen molar-refractivity contribution in [1.82, 2.24) is 24.6 Å². The predicted molar refractivity (Wildman–Crippen MR) is 135 cm³/mol. The van der Waals surface area contributed by atoms with Crippen LogP contribution in [0.3, 0.4) is 0 Å². The van der Waals surface area contributed by atoms with Crippen molar-refractivity contribution in [1.29, 1.82) is 0 Å². The maximum Gasteiger partial charge on any atom is 0.323 e. The van der Waals surface area contributed by atoms with Crippen molar-refractivity contribution in [2.24, 2.45) is 0 Å². The molecule has 39 heavy (non-hydrogen) atoms. The van der Waals surface area contributed by atoms with E-state index in [0.29, 0.717) is 0 Å². The Balaban J connectivity index is 1.46. The van der Waals surface area contributed by atoms with E-state index in [-0.39, 0.29) is 35.7 Å². The number of alkyl halides is 2. The molecular weight excluding hydrogens is 541 g/mol. The average molecular weight is 577 g/mol. The molecule has 16 heteroatoms. The van der Waals surface area contributed by atoms with Crippen molar-refractivity contribution in [3.63, 3.8) is 0 Å². The molecule has 1 saturated heterocycles. The number of esters is 1. The van der Waals surface area contributed by atoms with Crippen LogP contribution in [0.25, 0.3) is 11.2 Å². The molecule has 1 unspecified atom stereocenters. The summed E-state index contributed by atoms with van der Waals surface area (Å²) in [6.07, 6.45) is 1.36. The second kappa shape index (κ2) is 11.2. The number of hydrogen-bond acceptors (Lipinski definition) is 11. The van der Waals surface area contributed by atoms with E-state index in [1.54, 1.807) is 6.92 Å². The molecule has 1 aliphatic heterocycles. The van der Waals surface area contributed by atoms with Crippen LogP contribution in [0.1, 0.15) is 59.1 Å². The number of anilines is 1. The van der Waals surface area contributed by atoms with Crippen LogP contribution < -0.4 is 15.6 Å². The smallest absolute Gasteiger partial charge is 0.323 e. The molecule has 218 valence electrons. The Morgan fingerprint density at radius 3 is 2.72 bits per heavy atom. The third-order valence-corrected chi connectivity index (χ3v) is 8.28. The van der Waals surface area contributed by atoms with Crippen LogP contribution in [0.5, 0.6) is 5.88 Å². The Morgan fingerprint density at radius 1 is 1.36 bits per heavy atom. The number of nitrogens with zero attached hydrogens (tertiary/aromatic N) is 4. The minimum absolute atomic E-state index is 0.00896. The zero-order chi connectivity index (χ0) is 28.6. The van der Waals surface area contributed by atoms with Crippen LogP contribution in [0, 0.1) is 0 Å². The number of nitrogens with two attached hydrogens (primary N) is 1. The lowest BCUT2D eigenvalue weighted by atomic mass is 9.97. The summed E-state index contributed by atoms with van der Waals surface area (Å²) >= 11 is 0. The third kappa shape index (κ3) is 6.17. The van der Waals surface area contributed by atoms with Gasteiger partial charge in [-0.15, -0.1) is 0 Å². The van der Waals surface area contributed by atoms with Crippen molar-refractivity contribution in [2.45, 2.75) is 88.9 Å². The maximum atomic E-state index is 15.9. The molecule has 0 amide bonds. The average Bonchev–Trinajstić information content (AvgIpc) is 3.36. The molecule has 6 atom stereocenters. The summed E-state index contributed by atoms with van der Waals surface area (Å²) in [7, 11) is -3.84. The quantitative estimate of drug-likeness (QED) is 0.279. The molecule has 13 nitrogen and oxygen atoms in total. The first-order valence-electron chi connectivity index (χ1n) is 12.8. The molecule has 0 aromatic carbocycles. The number of rotatable bonds is 10. The van der Waals surface area contributed by atoms with E-state index in [1.165, 1.54) is 6.92 Å². The topological polar surface area (TPSA) is 173 Å². The highest BCUT2D eigenvalue weighted by Gasteiger charge is 2.65. The molecule has 2 aromatic heterocycles. The molecule has 4 rings (SSSR count). The fourth-order valence-corrected chi connectivity index (χ4v) is 6.09. The van der Waals surface area contributed by atoms with Gasteiger partial charge in [0.05, 0.1) is 12.9 Å². The van der Waals surface area contributed by atoms with E-state index in [9.17, 15) is 14.5 Å². The fourth-order valence-electron chi connectivity index (χ4n) is 4.78. The third-order valence-electron chi connectivity index (χ3n) is 6.80. The van der Waals surface area contributed by atoms with E-state index in [2.05, 4.69) is 20.0 Å². The van der Waals surface area contributed by atoms with Crippen LogP contribution >= 0.6 is 7.52 Å². The van der Waals surface area contributed by atoms with Crippen molar-refractivity contribution >= 4 is 30.6 Å². The zero-order valence-corrected chi connectivity index (χ0v) is 23.2. The van der Waals surface area contributed by atoms with E-state index in [0.717, 1.165) is 56.6 Å². The van der Waals surface area contributed by atoms with Crippen molar-refractivity contribution in [3.05, 3.63) is 6.33 Å². The number of imidazole rings is 1. The molecule has 1 saturated carbocycles. The Hall–Kier alpha value is -2.45. The fraction of sp³-hybridized carbons (Fsp3) is 0.739. The van der Waals surface area contributed by atoms with Gasteiger partial charge in [-0.3, -0.25) is 13.9 Å². The van der Waals surface area contributed by atoms with Gasteiger partial charge in [0, 0.05) is 6.66 Å². The van der Waals surface area contributed by atoms with Crippen LogP contribution in [-0.2, 0) is 23.4 Å². The van der Waals surface area contributed by atoms with Gasteiger partial charge in [0.25, 0.3) is 13.4 Å². The molecule has 0 bridgehead atoms. The summed E-state index contributed by atoms with van der Waals surface area (Å²) in [4.78, 5) is 24.5. The molecule has 2 aromatic rings.